The van der Waals surface area contributed by atoms with Gasteiger partial charge in [0, 0.05) is 73.6 Å². The largest absolute Gasteiger partial charge is 0.497 e. The Balaban J connectivity index is 1.53. The summed E-state index contributed by atoms with van der Waals surface area (Å²) in [5, 5.41) is 10.3. The first-order chi connectivity index (χ1) is 14.6. The number of aryl methyl sites for hydroxylation is 2. The lowest BCUT2D eigenvalue weighted by atomic mass is 10.2. The molecule has 8 heteroatoms. The van der Waals surface area contributed by atoms with E-state index in [1.54, 1.807) is 25.6 Å². The molecule has 1 atom stereocenters. The van der Waals surface area contributed by atoms with E-state index in [0.29, 0.717) is 6.04 Å². The number of guanidine groups is 1. The minimum absolute atomic E-state index is 0.349. The first kappa shape index (κ1) is 22.2. The van der Waals surface area contributed by atoms with Gasteiger partial charge in [-0.25, -0.2) is 4.98 Å². The van der Waals surface area contributed by atoms with Crippen molar-refractivity contribution in [2.45, 2.75) is 39.2 Å². The van der Waals surface area contributed by atoms with Crippen LogP contribution in [0.25, 0.3) is 0 Å². The Morgan fingerprint density at radius 2 is 2.03 bits per heavy atom. The van der Waals surface area contributed by atoms with Crippen LogP contribution in [0, 0.1) is 6.92 Å². The summed E-state index contributed by atoms with van der Waals surface area (Å²) in [5.41, 5.74) is 2.23. The number of hydrogen-bond donors (Lipinski definition) is 2. The molecule has 1 aliphatic rings. The second kappa shape index (κ2) is 11.1. The van der Waals surface area contributed by atoms with Gasteiger partial charge in [-0.05, 0) is 26.7 Å². The summed E-state index contributed by atoms with van der Waals surface area (Å²) in [4.78, 5) is 11.6. The number of methoxy groups -OCH3 is 2. The van der Waals surface area contributed by atoms with Crippen molar-refractivity contribution < 1.29 is 9.47 Å². The molecule has 0 bridgehead atoms. The third-order valence-electron chi connectivity index (χ3n) is 5.06. The quantitative estimate of drug-likeness (QED) is 0.361. The average Bonchev–Trinajstić information content (AvgIpc) is 3.39. The second-order valence-electron chi connectivity index (χ2n) is 7.39. The molecule has 1 aromatic heterocycles. The number of ether oxygens (including phenoxy) is 2. The molecule has 0 aliphatic carbocycles. The maximum Gasteiger partial charge on any atom is 0.191 e. The predicted octanol–water partition coefficient (Wildman–Crippen LogP) is 3.24. The molecule has 2 aromatic rings. The molecule has 1 aromatic carbocycles. The van der Waals surface area contributed by atoms with Crippen LogP contribution in [0.2, 0.25) is 0 Å². The van der Waals surface area contributed by atoms with Gasteiger partial charge in [-0.15, -0.1) is 11.3 Å². The molecule has 0 radical (unpaired) electrons. The minimum Gasteiger partial charge on any atom is -0.497 e. The number of thiazole rings is 1. The smallest absolute Gasteiger partial charge is 0.191 e. The highest BCUT2D eigenvalue weighted by Crippen LogP contribution is 2.30. The molecule has 30 heavy (non-hydrogen) atoms. The third kappa shape index (κ3) is 6.26. The summed E-state index contributed by atoms with van der Waals surface area (Å²) in [6, 6.07) is 6.37. The molecule has 0 saturated carbocycles. The normalized spacial score (nSPS) is 16.6. The summed E-state index contributed by atoms with van der Waals surface area (Å²) in [7, 11) is 3.36. The van der Waals surface area contributed by atoms with Gasteiger partial charge in [0.05, 0.1) is 19.2 Å². The Bertz CT molecular complexity index is 816. The van der Waals surface area contributed by atoms with Crippen LogP contribution in [0.4, 0.5) is 5.69 Å². The molecule has 7 nitrogen and oxygen atoms in total. The van der Waals surface area contributed by atoms with Crippen molar-refractivity contribution in [3.8, 4) is 11.5 Å². The van der Waals surface area contributed by atoms with E-state index < -0.39 is 0 Å². The summed E-state index contributed by atoms with van der Waals surface area (Å²) in [5.74, 6) is 2.51. The van der Waals surface area contributed by atoms with Gasteiger partial charge in [0.2, 0.25) is 0 Å². The van der Waals surface area contributed by atoms with E-state index >= 15 is 0 Å². The Hall–Kier alpha value is -2.48. The summed E-state index contributed by atoms with van der Waals surface area (Å²) in [6.45, 7) is 7.67. The van der Waals surface area contributed by atoms with Crippen LogP contribution in [0.5, 0.6) is 11.5 Å². The summed E-state index contributed by atoms with van der Waals surface area (Å²) in [6.07, 6.45) is 3.04. The van der Waals surface area contributed by atoms with Gasteiger partial charge in [0.15, 0.2) is 5.96 Å². The van der Waals surface area contributed by atoms with Gasteiger partial charge in [0.1, 0.15) is 11.5 Å². The van der Waals surface area contributed by atoms with E-state index in [-0.39, 0.29) is 0 Å². The third-order valence-corrected chi connectivity index (χ3v) is 6.09. The van der Waals surface area contributed by atoms with Crippen molar-refractivity contribution in [1.29, 1.82) is 0 Å². The van der Waals surface area contributed by atoms with Gasteiger partial charge in [-0.2, -0.15) is 0 Å². The predicted molar refractivity (Wildman–Crippen MR) is 124 cm³/mol. The summed E-state index contributed by atoms with van der Waals surface area (Å²) < 4.78 is 10.8. The number of nitrogens with one attached hydrogen (secondary N) is 2. The van der Waals surface area contributed by atoms with Crippen LogP contribution in [0.1, 0.15) is 30.5 Å². The van der Waals surface area contributed by atoms with Crippen molar-refractivity contribution in [1.82, 2.24) is 15.6 Å². The number of rotatable bonds is 9. The minimum atomic E-state index is 0.349. The molecule has 1 fully saturated rings. The molecule has 164 valence electrons. The number of aliphatic imine (C=N–C) groups is 1. The molecule has 1 aliphatic heterocycles. The van der Waals surface area contributed by atoms with Crippen molar-refractivity contribution in [3.63, 3.8) is 0 Å². The number of benzene rings is 1. The van der Waals surface area contributed by atoms with Gasteiger partial charge in [-0.1, -0.05) is 0 Å². The topological polar surface area (TPSA) is 71.0 Å². The van der Waals surface area contributed by atoms with Crippen LogP contribution < -0.4 is 25.0 Å². The Kier molecular flexibility index (Phi) is 8.19. The molecule has 1 saturated heterocycles. The van der Waals surface area contributed by atoms with Crippen LogP contribution in [-0.2, 0) is 6.42 Å². The fourth-order valence-electron chi connectivity index (χ4n) is 3.54. The molecule has 0 spiro atoms. The van der Waals surface area contributed by atoms with E-state index in [1.807, 2.05) is 13.0 Å². The van der Waals surface area contributed by atoms with Crippen molar-refractivity contribution in [2.24, 2.45) is 4.99 Å². The maximum atomic E-state index is 5.41. The zero-order valence-corrected chi connectivity index (χ0v) is 19.2. The monoisotopic (exact) mass is 431 g/mol. The molecule has 2 heterocycles. The van der Waals surface area contributed by atoms with E-state index in [9.17, 15) is 0 Å². The van der Waals surface area contributed by atoms with E-state index in [4.69, 9.17) is 14.5 Å². The van der Waals surface area contributed by atoms with Gasteiger partial charge < -0.3 is 25.0 Å². The van der Waals surface area contributed by atoms with Crippen molar-refractivity contribution in [2.75, 3.05) is 45.3 Å². The fraction of sp³-hybridized carbons (Fsp3) is 0.545. The SMILES string of the molecule is CCNC(=NCCCc1nc(C)cs1)NC1CCN(c2cc(OC)cc(OC)c2)C1. The molecule has 1 unspecified atom stereocenters. The first-order valence-electron chi connectivity index (χ1n) is 10.5. The molecule has 3 rings (SSSR count). The zero-order valence-electron chi connectivity index (χ0n) is 18.4. The van der Waals surface area contributed by atoms with E-state index in [2.05, 4.69) is 45.0 Å². The lowest BCUT2D eigenvalue weighted by Crippen LogP contribution is -2.44. The standard InChI is InChI=1S/C22H33N5O2S/c1-5-23-22(24-9-6-7-21-25-16(2)15-30-21)26-17-8-10-27(14-17)18-11-19(28-3)13-20(12-18)29-4/h11-13,15,17H,5-10,14H2,1-4H3,(H2,23,24,26). The summed E-state index contributed by atoms with van der Waals surface area (Å²) >= 11 is 1.73. The Labute approximate surface area is 183 Å². The maximum absolute atomic E-state index is 5.41. The first-order valence-corrected chi connectivity index (χ1v) is 11.4. The zero-order chi connectivity index (χ0) is 21.3. The molecular formula is C22H33N5O2S. The van der Waals surface area contributed by atoms with Crippen molar-refractivity contribution >= 4 is 23.0 Å². The van der Waals surface area contributed by atoms with E-state index in [0.717, 1.165) is 74.3 Å². The van der Waals surface area contributed by atoms with Gasteiger partial charge in [-0.3, -0.25) is 4.99 Å². The fourth-order valence-corrected chi connectivity index (χ4v) is 4.36. The highest BCUT2D eigenvalue weighted by atomic mass is 32.1. The van der Waals surface area contributed by atoms with Crippen LogP contribution in [-0.4, -0.2) is 57.4 Å². The molecule has 2 N–H and O–H groups in total. The average molecular weight is 432 g/mol. The van der Waals surface area contributed by atoms with Gasteiger partial charge >= 0.3 is 0 Å². The molecule has 0 amide bonds. The second-order valence-corrected chi connectivity index (χ2v) is 8.34. The van der Waals surface area contributed by atoms with Crippen LogP contribution in [0.3, 0.4) is 0 Å². The lowest BCUT2D eigenvalue weighted by molar-refractivity contribution is 0.394. The number of anilines is 1. The number of nitrogens with zero attached hydrogens (tertiary/aromatic N) is 3. The number of aromatic nitrogens is 1. The lowest BCUT2D eigenvalue weighted by Gasteiger charge is -2.21. The van der Waals surface area contributed by atoms with Crippen LogP contribution in [0.15, 0.2) is 28.6 Å². The molecular weight excluding hydrogens is 398 g/mol. The van der Waals surface area contributed by atoms with E-state index in [1.165, 1.54) is 5.01 Å². The number of hydrogen-bond acceptors (Lipinski definition) is 6. The Morgan fingerprint density at radius 1 is 1.27 bits per heavy atom. The Morgan fingerprint density at radius 3 is 2.67 bits per heavy atom. The van der Waals surface area contributed by atoms with Gasteiger partial charge in [0.25, 0.3) is 0 Å². The van der Waals surface area contributed by atoms with Crippen LogP contribution >= 0.6 is 11.3 Å². The highest BCUT2D eigenvalue weighted by Gasteiger charge is 2.24. The highest BCUT2D eigenvalue weighted by molar-refractivity contribution is 7.09. The van der Waals surface area contributed by atoms with Crippen molar-refractivity contribution in [3.05, 3.63) is 34.3 Å².